The second-order valence-electron chi connectivity index (χ2n) is 5.83. The van der Waals surface area contributed by atoms with Crippen molar-refractivity contribution in [1.82, 2.24) is 0 Å². The Labute approximate surface area is 115 Å². The van der Waals surface area contributed by atoms with E-state index in [0.717, 1.165) is 18.7 Å². The molecular weight excluding hydrogens is 240 g/mol. The van der Waals surface area contributed by atoms with E-state index in [0.29, 0.717) is 16.9 Å². The second kappa shape index (κ2) is 6.45. The van der Waals surface area contributed by atoms with E-state index >= 15 is 0 Å². The molecule has 2 N–H and O–H groups in total. The highest BCUT2D eigenvalue weighted by Gasteiger charge is 2.10. The number of nitrogens with one attached hydrogen (secondary N) is 2. The Balaban J connectivity index is 2.68. The Morgan fingerprint density at radius 2 is 2.00 bits per heavy atom. The highest BCUT2D eigenvalue weighted by molar-refractivity contribution is 5.90. The molecule has 0 radical (unpaired) electrons. The predicted octanol–water partition coefficient (Wildman–Crippen LogP) is 3.50. The van der Waals surface area contributed by atoms with Gasteiger partial charge in [-0.1, -0.05) is 20.8 Å². The van der Waals surface area contributed by atoms with E-state index in [-0.39, 0.29) is 5.91 Å². The first-order chi connectivity index (χ1) is 8.81. The van der Waals surface area contributed by atoms with Crippen LogP contribution in [0.15, 0.2) is 18.2 Å². The number of methoxy groups -OCH3 is 1. The third-order valence-corrected chi connectivity index (χ3v) is 2.72. The molecule has 0 aliphatic carbocycles. The molecule has 106 valence electrons. The molecule has 0 heterocycles. The number of amides is 1. The lowest BCUT2D eigenvalue weighted by molar-refractivity contribution is -0.114. The summed E-state index contributed by atoms with van der Waals surface area (Å²) in [6.07, 6.45) is 1.09. The Morgan fingerprint density at radius 1 is 1.32 bits per heavy atom. The average molecular weight is 264 g/mol. The maximum Gasteiger partial charge on any atom is 0.221 e. The van der Waals surface area contributed by atoms with E-state index in [1.54, 1.807) is 7.11 Å². The van der Waals surface area contributed by atoms with E-state index in [9.17, 15) is 4.79 Å². The van der Waals surface area contributed by atoms with Gasteiger partial charge in [0.2, 0.25) is 5.91 Å². The van der Waals surface area contributed by atoms with Crippen LogP contribution in [0.25, 0.3) is 0 Å². The maximum absolute atomic E-state index is 11.1. The average Bonchev–Trinajstić information content (AvgIpc) is 2.28. The van der Waals surface area contributed by atoms with Crippen LogP contribution in [-0.2, 0) is 4.79 Å². The molecule has 4 nitrogen and oxygen atoms in total. The van der Waals surface area contributed by atoms with Crippen LogP contribution in [0.3, 0.4) is 0 Å². The summed E-state index contributed by atoms with van der Waals surface area (Å²) in [5, 5.41) is 6.10. The number of anilines is 2. The molecule has 0 fully saturated rings. The third-order valence-electron chi connectivity index (χ3n) is 2.72. The summed E-state index contributed by atoms with van der Waals surface area (Å²) in [7, 11) is 1.60. The van der Waals surface area contributed by atoms with Gasteiger partial charge in [-0.15, -0.1) is 0 Å². The number of carbonyl (C=O) groups excluding carboxylic acids is 1. The van der Waals surface area contributed by atoms with Gasteiger partial charge in [-0.3, -0.25) is 4.79 Å². The zero-order valence-corrected chi connectivity index (χ0v) is 12.5. The minimum Gasteiger partial charge on any atom is -0.494 e. The largest absolute Gasteiger partial charge is 0.494 e. The summed E-state index contributed by atoms with van der Waals surface area (Å²) < 4.78 is 5.28. The molecular formula is C15H24N2O2. The zero-order valence-electron chi connectivity index (χ0n) is 12.5. The lowest BCUT2D eigenvalue weighted by atomic mass is 9.92. The molecule has 1 amide bonds. The van der Waals surface area contributed by atoms with Gasteiger partial charge in [-0.05, 0) is 24.0 Å². The SMILES string of the molecule is COc1cc(NCCC(C)(C)C)ccc1NC(C)=O. The lowest BCUT2D eigenvalue weighted by Crippen LogP contribution is -2.13. The third kappa shape index (κ3) is 5.64. The van der Waals surface area contributed by atoms with E-state index < -0.39 is 0 Å². The summed E-state index contributed by atoms with van der Waals surface area (Å²) in [6, 6.07) is 5.68. The van der Waals surface area contributed by atoms with Crippen molar-refractivity contribution in [3.8, 4) is 5.75 Å². The minimum absolute atomic E-state index is 0.105. The van der Waals surface area contributed by atoms with Gasteiger partial charge in [0.1, 0.15) is 5.75 Å². The molecule has 0 saturated heterocycles. The number of ether oxygens (including phenoxy) is 1. The molecule has 0 unspecified atom stereocenters. The fourth-order valence-corrected chi connectivity index (χ4v) is 1.68. The Bertz CT molecular complexity index is 436. The van der Waals surface area contributed by atoms with Crippen LogP contribution < -0.4 is 15.4 Å². The Kier molecular flexibility index (Phi) is 5.21. The molecule has 0 bridgehead atoms. The van der Waals surface area contributed by atoms with Gasteiger partial charge < -0.3 is 15.4 Å². The molecule has 0 saturated carbocycles. The number of rotatable bonds is 5. The summed E-state index contributed by atoms with van der Waals surface area (Å²) in [4.78, 5) is 11.1. The van der Waals surface area contributed by atoms with Crippen LogP contribution >= 0.6 is 0 Å². The Hall–Kier alpha value is -1.71. The van der Waals surface area contributed by atoms with Gasteiger partial charge in [0.25, 0.3) is 0 Å². The van der Waals surface area contributed by atoms with Gasteiger partial charge >= 0.3 is 0 Å². The highest BCUT2D eigenvalue weighted by atomic mass is 16.5. The highest BCUT2D eigenvalue weighted by Crippen LogP contribution is 2.28. The molecule has 19 heavy (non-hydrogen) atoms. The Morgan fingerprint density at radius 3 is 2.53 bits per heavy atom. The summed E-state index contributed by atoms with van der Waals surface area (Å²) >= 11 is 0. The smallest absolute Gasteiger partial charge is 0.221 e. The lowest BCUT2D eigenvalue weighted by Gasteiger charge is -2.19. The second-order valence-corrected chi connectivity index (χ2v) is 5.83. The first kappa shape index (κ1) is 15.3. The van der Waals surface area contributed by atoms with Crippen molar-refractivity contribution in [3.63, 3.8) is 0 Å². The fourth-order valence-electron chi connectivity index (χ4n) is 1.68. The standard InChI is InChI=1S/C15H24N2O2/c1-11(18)17-13-7-6-12(10-14(13)19-5)16-9-8-15(2,3)4/h6-7,10,16H,8-9H2,1-5H3,(H,17,18). The molecule has 1 rings (SSSR count). The molecule has 0 aromatic heterocycles. The molecule has 0 spiro atoms. The molecule has 1 aromatic carbocycles. The summed E-state index contributed by atoms with van der Waals surface area (Å²) in [5.41, 5.74) is 2.00. The van der Waals surface area contributed by atoms with Crippen molar-refractivity contribution in [1.29, 1.82) is 0 Å². The van der Waals surface area contributed by atoms with Crippen LogP contribution in [0.5, 0.6) is 5.75 Å². The van der Waals surface area contributed by atoms with Crippen LogP contribution in [0.1, 0.15) is 34.1 Å². The number of carbonyl (C=O) groups is 1. The maximum atomic E-state index is 11.1. The van der Waals surface area contributed by atoms with Crippen LogP contribution in [0.2, 0.25) is 0 Å². The molecule has 0 aliphatic heterocycles. The van der Waals surface area contributed by atoms with Gasteiger partial charge in [-0.25, -0.2) is 0 Å². The van der Waals surface area contributed by atoms with Crippen molar-refractivity contribution < 1.29 is 9.53 Å². The van der Waals surface area contributed by atoms with Gasteiger partial charge in [0.05, 0.1) is 12.8 Å². The van der Waals surface area contributed by atoms with E-state index in [1.807, 2.05) is 18.2 Å². The monoisotopic (exact) mass is 264 g/mol. The van der Waals surface area contributed by atoms with Crippen molar-refractivity contribution in [2.75, 3.05) is 24.3 Å². The number of benzene rings is 1. The van der Waals surface area contributed by atoms with Gasteiger partial charge in [-0.2, -0.15) is 0 Å². The topological polar surface area (TPSA) is 50.4 Å². The molecule has 4 heteroatoms. The van der Waals surface area contributed by atoms with Gasteiger partial charge in [0, 0.05) is 25.2 Å². The predicted molar refractivity (Wildman–Crippen MR) is 79.9 cm³/mol. The van der Waals surface area contributed by atoms with Crippen LogP contribution in [-0.4, -0.2) is 19.6 Å². The number of hydrogen-bond acceptors (Lipinski definition) is 3. The quantitative estimate of drug-likeness (QED) is 0.855. The fraction of sp³-hybridized carbons (Fsp3) is 0.533. The molecule has 1 aromatic rings. The van der Waals surface area contributed by atoms with Crippen LogP contribution in [0.4, 0.5) is 11.4 Å². The summed E-state index contributed by atoms with van der Waals surface area (Å²) in [6.45, 7) is 9.04. The first-order valence-electron chi connectivity index (χ1n) is 6.51. The molecule has 0 aliphatic rings. The minimum atomic E-state index is -0.105. The zero-order chi connectivity index (χ0) is 14.5. The number of hydrogen-bond donors (Lipinski definition) is 2. The van der Waals surface area contributed by atoms with E-state index in [1.165, 1.54) is 6.92 Å². The van der Waals surface area contributed by atoms with Crippen molar-refractivity contribution in [2.45, 2.75) is 34.1 Å². The van der Waals surface area contributed by atoms with Crippen molar-refractivity contribution in [3.05, 3.63) is 18.2 Å². The van der Waals surface area contributed by atoms with E-state index in [2.05, 4.69) is 31.4 Å². The normalized spacial score (nSPS) is 11.0. The first-order valence-corrected chi connectivity index (χ1v) is 6.51. The van der Waals surface area contributed by atoms with Crippen molar-refractivity contribution in [2.24, 2.45) is 5.41 Å². The summed E-state index contributed by atoms with van der Waals surface area (Å²) in [5.74, 6) is 0.558. The van der Waals surface area contributed by atoms with Crippen LogP contribution in [0, 0.1) is 5.41 Å². The van der Waals surface area contributed by atoms with Crippen molar-refractivity contribution >= 4 is 17.3 Å². The molecule has 0 atom stereocenters. The van der Waals surface area contributed by atoms with Gasteiger partial charge in [0.15, 0.2) is 0 Å². The van der Waals surface area contributed by atoms with E-state index in [4.69, 9.17) is 4.74 Å².